The molecular weight excluding hydrogens is 370 g/mol. The summed E-state index contributed by atoms with van der Waals surface area (Å²) in [6, 6.07) is 8.31. The van der Waals surface area contributed by atoms with Crippen LogP contribution in [-0.2, 0) is 19.4 Å². The molecule has 2 heterocycles. The molecule has 2 aromatic heterocycles. The zero-order chi connectivity index (χ0) is 19.7. The summed E-state index contributed by atoms with van der Waals surface area (Å²) in [4.78, 5) is 20.0. The lowest BCUT2D eigenvalue weighted by atomic mass is 9.93. The summed E-state index contributed by atoms with van der Waals surface area (Å²) >= 11 is 1.69. The molecule has 3 aromatic rings. The van der Waals surface area contributed by atoms with Gasteiger partial charge in [0.1, 0.15) is 10.6 Å². The van der Waals surface area contributed by atoms with Gasteiger partial charge >= 0.3 is 0 Å². The summed E-state index contributed by atoms with van der Waals surface area (Å²) in [5.41, 5.74) is 2.26. The fraction of sp³-hybridized carbons (Fsp3) is 0.455. The molecule has 28 heavy (non-hydrogen) atoms. The molecule has 1 unspecified atom stereocenters. The zero-order valence-electron chi connectivity index (χ0n) is 16.7. The van der Waals surface area contributed by atoms with Gasteiger partial charge in [-0.05, 0) is 43.4 Å². The van der Waals surface area contributed by atoms with E-state index in [0.29, 0.717) is 18.5 Å². The van der Waals surface area contributed by atoms with Gasteiger partial charge in [-0.2, -0.15) is 0 Å². The Morgan fingerprint density at radius 2 is 2.18 bits per heavy atom. The van der Waals surface area contributed by atoms with Gasteiger partial charge in [-0.3, -0.25) is 9.36 Å². The Balaban J connectivity index is 1.65. The maximum Gasteiger partial charge on any atom is 0.262 e. The van der Waals surface area contributed by atoms with Crippen LogP contribution in [0.4, 0.5) is 0 Å². The first-order chi connectivity index (χ1) is 13.6. The molecule has 6 heteroatoms. The number of aryl methyl sites for hydroxylation is 1. The number of benzene rings is 1. The highest BCUT2D eigenvalue weighted by Crippen LogP contribution is 2.33. The molecule has 0 saturated heterocycles. The van der Waals surface area contributed by atoms with E-state index in [0.717, 1.165) is 47.3 Å². The van der Waals surface area contributed by atoms with Gasteiger partial charge in [0, 0.05) is 16.5 Å². The maximum atomic E-state index is 13.2. The third-order valence-electron chi connectivity index (χ3n) is 5.38. The topological polar surface area (TPSA) is 56.2 Å². The van der Waals surface area contributed by atoms with Crippen molar-refractivity contribution in [3.63, 3.8) is 0 Å². The molecule has 0 saturated carbocycles. The van der Waals surface area contributed by atoms with Crippen LogP contribution in [0.2, 0.25) is 0 Å². The number of nitrogens with one attached hydrogen (secondary N) is 1. The van der Waals surface area contributed by atoms with Gasteiger partial charge in [-0.1, -0.05) is 32.0 Å². The SMILES string of the molecule is COc1ccccc1Cn1cnc2sc3c(c2c1=O)CCC(NCC(C)C)C3. The summed E-state index contributed by atoms with van der Waals surface area (Å²) < 4.78 is 7.14. The van der Waals surface area contributed by atoms with Gasteiger partial charge in [0.2, 0.25) is 0 Å². The number of fused-ring (bicyclic) bond motifs is 3. The first-order valence-corrected chi connectivity index (χ1v) is 10.7. The van der Waals surface area contributed by atoms with Crippen molar-refractivity contribution < 1.29 is 4.74 Å². The highest BCUT2D eigenvalue weighted by atomic mass is 32.1. The second-order valence-corrected chi connectivity index (χ2v) is 9.00. The van der Waals surface area contributed by atoms with E-state index < -0.39 is 0 Å². The van der Waals surface area contributed by atoms with Crippen LogP contribution in [0.1, 0.15) is 36.3 Å². The molecule has 1 atom stereocenters. The van der Waals surface area contributed by atoms with Crippen molar-refractivity contribution in [3.8, 4) is 5.75 Å². The summed E-state index contributed by atoms with van der Waals surface area (Å²) in [5.74, 6) is 1.44. The van der Waals surface area contributed by atoms with Gasteiger partial charge in [-0.25, -0.2) is 4.98 Å². The molecule has 0 radical (unpaired) electrons. The van der Waals surface area contributed by atoms with Crippen LogP contribution in [0, 0.1) is 5.92 Å². The zero-order valence-corrected chi connectivity index (χ0v) is 17.5. The average Bonchev–Trinajstić information content (AvgIpc) is 3.07. The van der Waals surface area contributed by atoms with E-state index in [1.54, 1.807) is 29.3 Å². The normalized spacial score (nSPS) is 16.5. The number of thiophene rings is 1. The van der Waals surface area contributed by atoms with E-state index in [1.807, 2.05) is 24.3 Å². The standard InChI is InChI=1S/C22H27N3O2S/c1-14(2)11-23-16-8-9-17-19(10-16)28-21-20(17)22(26)25(13-24-21)12-15-6-4-5-7-18(15)27-3/h4-7,13-14,16,23H,8-12H2,1-3H3. The molecule has 148 valence electrons. The number of hydrogen-bond acceptors (Lipinski definition) is 5. The van der Waals surface area contributed by atoms with Crippen molar-refractivity contribution in [2.75, 3.05) is 13.7 Å². The highest BCUT2D eigenvalue weighted by molar-refractivity contribution is 7.18. The largest absolute Gasteiger partial charge is 0.496 e. The van der Waals surface area contributed by atoms with Gasteiger partial charge < -0.3 is 10.1 Å². The molecule has 1 aliphatic carbocycles. The first-order valence-electron chi connectivity index (χ1n) is 9.91. The van der Waals surface area contributed by atoms with Gasteiger partial charge in [0.25, 0.3) is 5.56 Å². The molecule has 1 aromatic carbocycles. The van der Waals surface area contributed by atoms with Crippen molar-refractivity contribution in [1.29, 1.82) is 0 Å². The quantitative estimate of drug-likeness (QED) is 0.690. The fourth-order valence-electron chi connectivity index (χ4n) is 3.91. The average molecular weight is 398 g/mol. The van der Waals surface area contributed by atoms with E-state index in [1.165, 1.54) is 10.4 Å². The number of aromatic nitrogens is 2. The lowest BCUT2D eigenvalue weighted by Gasteiger charge is -2.24. The minimum atomic E-state index is 0.0574. The predicted molar refractivity (Wildman–Crippen MR) is 115 cm³/mol. The molecule has 0 bridgehead atoms. The monoisotopic (exact) mass is 397 g/mol. The Kier molecular flexibility index (Phi) is 5.51. The number of ether oxygens (including phenoxy) is 1. The molecule has 5 nitrogen and oxygen atoms in total. The van der Waals surface area contributed by atoms with Gasteiger partial charge in [0.05, 0.1) is 25.4 Å². The molecule has 0 aliphatic heterocycles. The van der Waals surface area contributed by atoms with E-state index >= 15 is 0 Å². The Morgan fingerprint density at radius 3 is 2.96 bits per heavy atom. The fourth-order valence-corrected chi connectivity index (χ4v) is 5.17. The Hall–Kier alpha value is -2.18. The Labute approximate surface area is 169 Å². The third-order valence-corrected chi connectivity index (χ3v) is 6.55. The van der Waals surface area contributed by atoms with Gasteiger partial charge in [-0.15, -0.1) is 11.3 Å². The van der Waals surface area contributed by atoms with E-state index in [9.17, 15) is 4.79 Å². The van der Waals surface area contributed by atoms with Crippen LogP contribution in [-0.4, -0.2) is 29.2 Å². The first kappa shape index (κ1) is 19.2. The summed E-state index contributed by atoms with van der Waals surface area (Å²) in [6.45, 7) is 5.97. The van der Waals surface area contributed by atoms with Crippen LogP contribution < -0.4 is 15.6 Å². The summed E-state index contributed by atoms with van der Waals surface area (Å²) in [7, 11) is 1.65. The highest BCUT2D eigenvalue weighted by Gasteiger charge is 2.25. The summed E-state index contributed by atoms with van der Waals surface area (Å²) in [5, 5.41) is 4.49. The lowest BCUT2D eigenvalue weighted by Crippen LogP contribution is -2.36. The molecular formula is C22H27N3O2S. The predicted octanol–water partition coefficient (Wildman–Crippen LogP) is 3.62. The van der Waals surface area contributed by atoms with Gasteiger partial charge in [0.15, 0.2) is 0 Å². The molecule has 0 fully saturated rings. The van der Waals surface area contributed by atoms with Crippen LogP contribution in [0.15, 0.2) is 35.4 Å². The lowest BCUT2D eigenvalue weighted by molar-refractivity contribution is 0.408. The number of para-hydroxylation sites is 1. The minimum absolute atomic E-state index is 0.0574. The Morgan fingerprint density at radius 1 is 1.36 bits per heavy atom. The molecule has 1 aliphatic rings. The number of hydrogen-bond donors (Lipinski definition) is 1. The van der Waals surface area contributed by atoms with Crippen LogP contribution >= 0.6 is 11.3 Å². The second kappa shape index (κ2) is 8.05. The molecule has 1 N–H and O–H groups in total. The van der Waals surface area contributed by atoms with Crippen molar-refractivity contribution in [2.24, 2.45) is 5.92 Å². The van der Waals surface area contributed by atoms with Crippen molar-refractivity contribution >= 4 is 21.6 Å². The van der Waals surface area contributed by atoms with E-state index in [4.69, 9.17) is 4.74 Å². The van der Waals surface area contributed by atoms with Crippen molar-refractivity contribution in [2.45, 2.75) is 45.7 Å². The van der Waals surface area contributed by atoms with Crippen molar-refractivity contribution in [3.05, 3.63) is 57.0 Å². The minimum Gasteiger partial charge on any atom is -0.496 e. The molecule has 0 spiro atoms. The maximum absolute atomic E-state index is 13.2. The summed E-state index contributed by atoms with van der Waals surface area (Å²) in [6.07, 6.45) is 4.69. The van der Waals surface area contributed by atoms with Crippen LogP contribution in [0.5, 0.6) is 5.75 Å². The van der Waals surface area contributed by atoms with Crippen LogP contribution in [0.25, 0.3) is 10.2 Å². The molecule has 0 amide bonds. The number of rotatable bonds is 6. The van der Waals surface area contributed by atoms with Crippen molar-refractivity contribution in [1.82, 2.24) is 14.9 Å². The second-order valence-electron chi connectivity index (χ2n) is 7.92. The number of nitrogens with zero attached hydrogens (tertiary/aromatic N) is 2. The van der Waals surface area contributed by atoms with E-state index in [2.05, 4.69) is 24.1 Å². The van der Waals surface area contributed by atoms with E-state index in [-0.39, 0.29) is 5.56 Å². The molecule has 4 rings (SSSR count). The van der Waals surface area contributed by atoms with Crippen LogP contribution in [0.3, 0.4) is 0 Å². The third kappa shape index (κ3) is 3.71. The smallest absolute Gasteiger partial charge is 0.262 e. The Bertz CT molecular complexity index is 1040. The number of methoxy groups -OCH3 is 1.